The summed E-state index contributed by atoms with van der Waals surface area (Å²) >= 11 is 0. The summed E-state index contributed by atoms with van der Waals surface area (Å²) in [6.07, 6.45) is 0. The summed E-state index contributed by atoms with van der Waals surface area (Å²) < 4.78 is 6.72. The smallest absolute Gasteiger partial charge is 0.238 e. The molecule has 9 heteroatoms. The van der Waals surface area contributed by atoms with Crippen LogP contribution >= 0.6 is 0 Å². The molecule has 0 N–H and O–H groups in total. The second-order valence-electron chi connectivity index (χ2n) is 32.1. The standard InChI is InChI=1S/C41H28N2.C40H27N3.C39H26N4/c1-5-13-29(14-6-1)33-21-23-39-36(25-33)37-26-34(30-15-7-2-8-16-30)22-24-40(37)43(39)41-28-35(31-17-9-3-10-18-31)27-38(42-41)32-19-11-4-12-20-32;1-5-13-28(14-6-1)32-21-23-38-34(25-32)35-26-33(29-15-7-2-8-16-29)22-24-39(35)43(38)40-41-36(30-17-9-3-10-18-30)27-37(42-40)31-19-11-4-12-20-31;1-5-13-27(14-6-1)31-21-23-35-33(25-31)34-26-32(28-15-7-2-8-16-28)22-24-36(34)43(35)39-41-37(29-17-9-3-10-18-29)40-38(42-39)30-19-11-4-12-20-30/h1-28H;1-27H;1-26H. The molecule has 6 aromatic heterocycles. The highest BCUT2D eigenvalue weighted by Gasteiger charge is 2.24. The molecule has 9 nitrogen and oxygen atoms in total. The minimum absolute atomic E-state index is 0.590. The van der Waals surface area contributed by atoms with Gasteiger partial charge in [-0.3, -0.25) is 13.7 Å². The average Bonchev–Trinajstić information content (AvgIpc) is 1.59. The average molecular weight is 1650 g/mol. The highest BCUT2D eigenvalue weighted by molar-refractivity contribution is 6.14. The molecule has 0 atom stereocenters. The topological polar surface area (TPSA) is 92.1 Å². The van der Waals surface area contributed by atoms with E-state index in [1.807, 2.05) is 78.9 Å². The van der Waals surface area contributed by atoms with E-state index in [1.54, 1.807) is 0 Å². The largest absolute Gasteiger partial charge is 0.294 e. The van der Waals surface area contributed by atoms with Crippen LogP contribution in [0.4, 0.5) is 0 Å². The van der Waals surface area contributed by atoms with Gasteiger partial charge in [-0.2, -0.15) is 9.97 Å². The Balaban J connectivity index is 0.000000114. The molecule has 129 heavy (non-hydrogen) atoms. The normalized spacial score (nSPS) is 11.3. The quantitative estimate of drug-likeness (QED) is 0.102. The van der Waals surface area contributed by atoms with Crippen LogP contribution in [0, 0.1) is 0 Å². The third-order valence-corrected chi connectivity index (χ3v) is 24.1. The fourth-order valence-electron chi connectivity index (χ4n) is 17.7. The van der Waals surface area contributed by atoms with Crippen molar-refractivity contribution in [2.45, 2.75) is 0 Å². The van der Waals surface area contributed by atoms with Gasteiger partial charge in [0.2, 0.25) is 11.9 Å². The van der Waals surface area contributed by atoms with Gasteiger partial charge in [-0.25, -0.2) is 19.9 Å². The molecule has 6 heterocycles. The lowest BCUT2D eigenvalue weighted by atomic mass is 10.0. The maximum atomic E-state index is 5.30. The van der Waals surface area contributed by atoms with E-state index in [0.717, 1.165) is 100 Å². The van der Waals surface area contributed by atoms with Gasteiger partial charge in [0.25, 0.3) is 0 Å². The number of benzene rings is 18. The molecule has 606 valence electrons. The number of nitrogens with zero attached hydrogens (tertiary/aromatic N) is 9. The molecule has 0 aliphatic carbocycles. The van der Waals surface area contributed by atoms with Crippen LogP contribution in [0.25, 0.3) is 218 Å². The van der Waals surface area contributed by atoms with Gasteiger partial charge in [-0.1, -0.05) is 400 Å². The summed E-state index contributed by atoms with van der Waals surface area (Å²) in [7, 11) is 0. The SMILES string of the molecule is c1ccc(-c2cc(-c3ccccc3)nc(-n3c4ccc(-c5ccccc5)cc4c4cc(-c5ccccc5)ccc43)c2)cc1.c1ccc(-c2ccc3c(c2)c2cc(-c4ccccc4)ccc2n3-c2nc(-c3ccccc3)cc(-c3ccccc3)n2)cc1.c1ccc(-c2ccc3c(c2)c2cc(-c4ccccc4)ccc2n3-c2nc(-c3ccccc3)nc(-c3ccccc3)n2)cc1. The van der Waals surface area contributed by atoms with E-state index >= 15 is 0 Å². The summed E-state index contributed by atoms with van der Waals surface area (Å²) in [6.45, 7) is 0. The first kappa shape index (κ1) is 77.6. The van der Waals surface area contributed by atoms with Gasteiger partial charge >= 0.3 is 0 Å². The van der Waals surface area contributed by atoms with Crippen LogP contribution in [0.3, 0.4) is 0 Å². The summed E-state index contributed by atoms with van der Waals surface area (Å²) in [5.41, 5.74) is 30.9. The van der Waals surface area contributed by atoms with Crippen molar-refractivity contribution in [3.05, 3.63) is 491 Å². The first-order valence-corrected chi connectivity index (χ1v) is 43.5. The Hall–Kier alpha value is -17.4. The van der Waals surface area contributed by atoms with Gasteiger partial charge in [0.15, 0.2) is 11.6 Å². The summed E-state index contributed by atoms with van der Waals surface area (Å²) in [4.78, 5) is 30.7. The van der Waals surface area contributed by atoms with E-state index in [0.29, 0.717) is 23.5 Å². The fourth-order valence-corrected chi connectivity index (χ4v) is 17.7. The molecule has 0 bridgehead atoms. The van der Waals surface area contributed by atoms with E-state index in [-0.39, 0.29) is 0 Å². The first-order chi connectivity index (χ1) is 63.9. The predicted octanol–water partition coefficient (Wildman–Crippen LogP) is 30.7. The zero-order valence-corrected chi connectivity index (χ0v) is 70.3. The van der Waals surface area contributed by atoms with Crippen LogP contribution in [0.15, 0.2) is 491 Å². The molecule has 0 amide bonds. The van der Waals surface area contributed by atoms with Crippen LogP contribution in [-0.2, 0) is 0 Å². The first-order valence-electron chi connectivity index (χ1n) is 43.5. The van der Waals surface area contributed by atoms with Crippen molar-refractivity contribution in [3.63, 3.8) is 0 Å². The minimum Gasteiger partial charge on any atom is -0.294 e. The molecule has 24 rings (SSSR count). The van der Waals surface area contributed by atoms with E-state index < -0.39 is 0 Å². The number of fused-ring (bicyclic) bond motifs is 9. The van der Waals surface area contributed by atoms with E-state index in [2.05, 4.69) is 426 Å². The number of aromatic nitrogens is 9. The van der Waals surface area contributed by atoms with Gasteiger partial charge in [-0.05, 0) is 169 Å². The summed E-state index contributed by atoms with van der Waals surface area (Å²) in [5.74, 6) is 3.43. The highest BCUT2D eigenvalue weighted by atomic mass is 15.2. The third-order valence-electron chi connectivity index (χ3n) is 24.1. The van der Waals surface area contributed by atoms with Crippen molar-refractivity contribution in [3.8, 4) is 152 Å². The van der Waals surface area contributed by atoms with Gasteiger partial charge in [0.05, 0.1) is 50.2 Å². The Labute approximate surface area is 747 Å². The third kappa shape index (κ3) is 15.7. The molecule has 0 spiro atoms. The molecule has 0 saturated heterocycles. The molecule has 0 fully saturated rings. The predicted molar refractivity (Wildman–Crippen MR) is 534 cm³/mol. The zero-order valence-electron chi connectivity index (χ0n) is 70.3. The molecule has 0 aliphatic heterocycles. The lowest BCUT2D eigenvalue weighted by Crippen LogP contribution is -2.06. The van der Waals surface area contributed by atoms with Crippen LogP contribution in [-0.4, -0.2) is 43.6 Å². The maximum Gasteiger partial charge on any atom is 0.238 e. The van der Waals surface area contributed by atoms with E-state index in [9.17, 15) is 0 Å². The zero-order chi connectivity index (χ0) is 85.8. The molecule has 0 unspecified atom stereocenters. The van der Waals surface area contributed by atoms with Gasteiger partial charge in [0.1, 0.15) is 5.82 Å². The lowest BCUT2D eigenvalue weighted by Gasteiger charge is -2.13. The van der Waals surface area contributed by atoms with Crippen molar-refractivity contribution >= 4 is 65.4 Å². The summed E-state index contributed by atoms with van der Waals surface area (Å²) in [6, 6.07) is 172. The second-order valence-corrected chi connectivity index (χ2v) is 32.1. The number of hydrogen-bond acceptors (Lipinski definition) is 6. The van der Waals surface area contributed by atoms with Gasteiger partial charge in [0, 0.05) is 60.1 Å². The highest BCUT2D eigenvalue weighted by Crippen LogP contribution is 2.43. The van der Waals surface area contributed by atoms with Crippen molar-refractivity contribution in [2.24, 2.45) is 0 Å². The van der Waals surface area contributed by atoms with Crippen molar-refractivity contribution < 1.29 is 0 Å². The van der Waals surface area contributed by atoms with Crippen LogP contribution in [0.5, 0.6) is 0 Å². The Morgan fingerprint density at radius 1 is 0.124 bits per heavy atom. The molecule has 18 aromatic carbocycles. The molecule has 0 radical (unpaired) electrons. The Kier molecular flexibility index (Phi) is 20.9. The van der Waals surface area contributed by atoms with E-state index in [4.69, 9.17) is 29.9 Å². The van der Waals surface area contributed by atoms with Crippen molar-refractivity contribution in [2.75, 3.05) is 0 Å². The van der Waals surface area contributed by atoms with Crippen molar-refractivity contribution in [1.29, 1.82) is 0 Å². The monoisotopic (exact) mass is 1650 g/mol. The second kappa shape index (κ2) is 34.7. The Morgan fingerprint density at radius 2 is 0.326 bits per heavy atom. The van der Waals surface area contributed by atoms with Crippen LogP contribution in [0.1, 0.15) is 0 Å². The van der Waals surface area contributed by atoms with Gasteiger partial charge < -0.3 is 0 Å². The number of pyridine rings is 1. The molecular weight excluding hydrogens is 1570 g/mol. The number of hydrogen-bond donors (Lipinski definition) is 0. The van der Waals surface area contributed by atoms with Gasteiger partial charge in [-0.15, -0.1) is 0 Å². The van der Waals surface area contributed by atoms with Crippen LogP contribution in [0.2, 0.25) is 0 Å². The summed E-state index contributed by atoms with van der Waals surface area (Å²) in [5, 5.41) is 7.06. The number of rotatable bonds is 15. The maximum absolute atomic E-state index is 5.30. The van der Waals surface area contributed by atoms with Crippen molar-refractivity contribution in [1.82, 2.24) is 43.6 Å². The lowest BCUT2D eigenvalue weighted by molar-refractivity contribution is 0.953. The Morgan fingerprint density at radius 3 is 0.574 bits per heavy atom. The van der Waals surface area contributed by atoms with E-state index in [1.165, 1.54) is 93.9 Å². The molecule has 0 saturated carbocycles. The molecular formula is C120H81N9. The minimum atomic E-state index is 0.590. The fraction of sp³-hybridized carbons (Fsp3) is 0. The van der Waals surface area contributed by atoms with Crippen LogP contribution < -0.4 is 0 Å². The Bertz CT molecular complexity index is 6910. The molecule has 24 aromatic rings. The molecule has 0 aliphatic rings.